The number of hydrogen-bond acceptors (Lipinski definition) is 7. The van der Waals surface area contributed by atoms with Crippen LogP contribution in [0.2, 0.25) is 0 Å². The second-order valence-electron chi connectivity index (χ2n) is 3.28. The topological polar surface area (TPSA) is 97.9 Å². The molecule has 0 aromatic carbocycles. The van der Waals surface area contributed by atoms with Gasteiger partial charge in [-0.3, -0.25) is 0 Å². The molecular weight excluding hydrogens is 232 g/mol. The van der Waals surface area contributed by atoms with Gasteiger partial charge >= 0.3 is 0 Å². The van der Waals surface area contributed by atoms with E-state index in [2.05, 4.69) is 15.3 Å². The Hall–Kier alpha value is -2.54. The Labute approximate surface area is 106 Å². The largest absolute Gasteiger partial charge is 0.490 e. The first kappa shape index (κ1) is 13.5. The Morgan fingerprint density at radius 3 is 2.50 bits per heavy atom. The fraction of sp³-hybridized carbons (Fsp3) is 0.455. The van der Waals surface area contributed by atoms with Crippen LogP contribution in [0.4, 0.5) is 11.6 Å². The van der Waals surface area contributed by atoms with E-state index in [1.165, 1.54) is 18.3 Å². The third-order valence-electron chi connectivity index (χ3n) is 2.16. The molecule has 18 heavy (non-hydrogen) atoms. The second kappa shape index (κ2) is 6.92. The van der Waals surface area contributed by atoms with Crippen molar-refractivity contribution in [3.05, 3.63) is 6.33 Å². The van der Waals surface area contributed by atoms with Crippen molar-refractivity contribution >= 4 is 11.6 Å². The Kier molecular flexibility index (Phi) is 5.20. The molecule has 0 saturated heterocycles. The van der Waals surface area contributed by atoms with Crippen LogP contribution in [0.5, 0.6) is 5.75 Å². The van der Waals surface area contributed by atoms with Gasteiger partial charge < -0.3 is 15.0 Å². The molecule has 1 aromatic rings. The fourth-order valence-corrected chi connectivity index (χ4v) is 1.45. The maximum absolute atomic E-state index is 8.76. The number of nitriles is 2. The number of aromatic nitrogens is 2. The predicted octanol–water partition coefficient (Wildman–Crippen LogP) is 0.771. The zero-order valence-electron chi connectivity index (χ0n) is 10.3. The molecular formula is C11H14N6O. The highest BCUT2D eigenvalue weighted by Crippen LogP contribution is 2.31. The van der Waals surface area contributed by atoms with E-state index in [9.17, 15) is 0 Å². The molecule has 0 aliphatic rings. The molecule has 0 radical (unpaired) electrons. The lowest BCUT2D eigenvalue weighted by Gasteiger charge is -2.20. The average molecular weight is 246 g/mol. The number of rotatable bonds is 6. The summed E-state index contributed by atoms with van der Waals surface area (Å²) in [7, 11) is 1.50. The smallest absolute Gasteiger partial charge is 0.204 e. The summed E-state index contributed by atoms with van der Waals surface area (Å²) in [6.07, 6.45) is 1.37. The van der Waals surface area contributed by atoms with Crippen molar-refractivity contribution in [3.63, 3.8) is 0 Å². The van der Waals surface area contributed by atoms with Crippen molar-refractivity contribution in [1.82, 2.24) is 9.97 Å². The van der Waals surface area contributed by atoms with Crippen molar-refractivity contribution < 1.29 is 4.74 Å². The standard InChI is InChI=1S/C11H14N6O/c1-3-14-10-9(18-2)11(16-8-15-10)17(6-4-12)7-5-13/h8H,3,6-7H2,1-2H3,(H,14,15,16). The van der Waals surface area contributed by atoms with Crippen molar-refractivity contribution in [2.45, 2.75) is 6.92 Å². The maximum atomic E-state index is 8.76. The molecule has 0 spiro atoms. The van der Waals surface area contributed by atoms with Gasteiger partial charge in [-0.1, -0.05) is 0 Å². The van der Waals surface area contributed by atoms with Crippen LogP contribution >= 0.6 is 0 Å². The first-order chi connectivity index (χ1) is 8.78. The van der Waals surface area contributed by atoms with Crippen molar-refractivity contribution in [3.8, 4) is 17.9 Å². The molecule has 1 rings (SSSR count). The summed E-state index contributed by atoms with van der Waals surface area (Å²) in [6.45, 7) is 2.74. The minimum atomic E-state index is 0.0620. The lowest BCUT2D eigenvalue weighted by atomic mass is 10.4. The Balaban J connectivity index is 3.17. The fourth-order valence-electron chi connectivity index (χ4n) is 1.45. The molecule has 1 heterocycles. The van der Waals surface area contributed by atoms with Crippen molar-refractivity contribution in [2.75, 3.05) is 37.0 Å². The Morgan fingerprint density at radius 2 is 2.00 bits per heavy atom. The highest BCUT2D eigenvalue weighted by Gasteiger charge is 2.17. The number of methoxy groups -OCH3 is 1. The number of nitrogens with one attached hydrogen (secondary N) is 1. The van der Waals surface area contributed by atoms with Gasteiger partial charge in [0.05, 0.1) is 19.2 Å². The highest BCUT2D eigenvalue weighted by atomic mass is 16.5. The normalized spacial score (nSPS) is 9.11. The summed E-state index contributed by atoms with van der Waals surface area (Å²) in [5, 5.41) is 20.6. The summed E-state index contributed by atoms with van der Waals surface area (Å²) in [5.41, 5.74) is 0. The maximum Gasteiger partial charge on any atom is 0.204 e. The van der Waals surface area contributed by atoms with Gasteiger partial charge in [0, 0.05) is 6.54 Å². The highest BCUT2D eigenvalue weighted by molar-refractivity contribution is 5.65. The van der Waals surface area contributed by atoms with E-state index < -0.39 is 0 Å². The monoisotopic (exact) mass is 246 g/mol. The van der Waals surface area contributed by atoms with Gasteiger partial charge in [0.25, 0.3) is 0 Å². The lowest BCUT2D eigenvalue weighted by molar-refractivity contribution is 0.413. The van der Waals surface area contributed by atoms with Crippen LogP contribution in [0.25, 0.3) is 0 Å². The molecule has 0 bridgehead atoms. The molecule has 0 atom stereocenters. The molecule has 0 saturated carbocycles. The first-order valence-corrected chi connectivity index (χ1v) is 5.40. The van der Waals surface area contributed by atoms with Gasteiger partial charge in [-0.25, -0.2) is 9.97 Å². The van der Waals surface area contributed by atoms with Gasteiger partial charge in [0.1, 0.15) is 19.4 Å². The molecule has 0 amide bonds. The number of ether oxygens (including phenoxy) is 1. The van der Waals surface area contributed by atoms with Gasteiger partial charge in [0.15, 0.2) is 11.6 Å². The zero-order valence-corrected chi connectivity index (χ0v) is 10.3. The van der Waals surface area contributed by atoms with E-state index in [0.717, 1.165) is 0 Å². The average Bonchev–Trinajstić information content (AvgIpc) is 2.38. The number of hydrogen-bond donors (Lipinski definition) is 1. The van der Waals surface area contributed by atoms with E-state index >= 15 is 0 Å². The Bertz CT molecular complexity index is 459. The molecule has 0 aliphatic carbocycles. The van der Waals surface area contributed by atoms with Crippen LogP contribution in [0.3, 0.4) is 0 Å². The van der Waals surface area contributed by atoms with E-state index in [-0.39, 0.29) is 13.1 Å². The third kappa shape index (κ3) is 2.98. The molecule has 0 fully saturated rings. The van der Waals surface area contributed by atoms with Crippen LogP contribution in [-0.2, 0) is 0 Å². The van der Waals surface area contributed by atoms with Gasteiger partial charge in [-0.2, -0.15) is 10.5 Å². The van der Waals surface area contributed by atoms with Crippen LogP contribution in [0, 0.1) is 22.7 Å². The van der Waals surface area contributed by atoms with Gasteiger partial charge in [0.2, 0.25) is 5.75 Å². The zero-order chi connectivity index (χ0) is 13.4. The molecule has 94 valence electrons. The summed E-state index contributed by atoms with van der Waals surface area (Å²) < 4.78 is 5.25. The molecule has 0 aliphatic heterocycles. The first-order valence-electron chi connectivity index (χ1n) is 5.40. The molecule has 1 aromatic heterocycles. The second-order valence-corrected chi connectivity index (χ2v) is 3.28. The number of anilines is 2. The number of nitrogens with zero attached hydrogens (tertiary/aromatic N) is 5. The van der Waals surface area contributed by atoms with Gasteiger partial charge in [-0.15, -0.1) is 0 Å². The quantitative estimate of drug-likeness (QED) is 0.740. The van der Waals surface area contributed by atoms with Crippen LogP contribution < -0.4 is 15.0 Å². The van der Waals surface area contributed by atoms with Crippen molar-refractivity contribution in [1.29, 1.82) is 10.5 Å². The van der Waals surface area contributed by atoms with E-state index in [0.29, 0.717) is 23.9 Å². The SMILES string of the molecule is CCNc1ncnc(N(CC#N)CC#N)c1OC. The summed E-state index contributed by atoms with van der Waals surface area (Å²) in [6, 6.07) is 3.98. The Morgan fingerprint density at radius 1 is 1.33 bits per heavy atom. The van der Waals surface area contributed by atoms with Gasteiger partial charge in [-0.05, 0) is 6.92 Å². The summed E-state index contributed by atoms with van der Waals surface area (Å²) >= 11 is 0. The summed E-state index contributed by atoms with van der Waals surface area (Å²) in [4.78, 5) is 9.67. The van der Waals surface area contributed by atoms with Crippen LogP contribution in [-0.4, -0.2) is 36.7 Å². The molecule has 7 heteroatoms. The minimum Gasteiger partial charge on any atom is -0.490 e. The molecule has 1 N–H and O–H groups in total. The lowest BCUT2D eigenvalue weighted by Crippen LogP contribution is -2.26. The van der Waals surface area contributed by atoms with E-state index in [1.807, 2.05) is 19.1 Å². The van der Waals surface area contributed by atoms with Crippen LogP contribution in [0.1, 0.15) is 6.92 Å². The molecule has 0 unspecified atom stereocenters. The predicted molar refractivity (Wildman–Crippen MR) is 66.2 cm³/mol. The van der Waals surface area contributed by atoms with E-state index in [4.69, 9.17) is 15.3 Å². The van der Waals surface area contributed by atoms with E-state index in [1.54, 1.807) is 0 Å². The third-order valence-corrected chi connectivity index (χ3v) is 2.16. The molecule has 7 nitrogen and oxygen atoms in total. The van der Waals surface area contributed by atoms with Crippen LogP contribution in [0.15, 0.2) is 6.33 Å². The minimum absolute atomic E-state index is 0.0620. The van der Waals surface area contributed by atoms with Crippen molar-refractivity contribution in [2.24, 2.45) is 0 Å². The summed E-state index contributed by atoms with van der Waals surface area (Å²) in [5.74, 6) is 1.42.